The fourth-order valence-electron chi connectivity index (χ4n) is 0.840. The van der Waals surface area contributed by atoms with Gasteiger partial charge in [0, 0.05) is 0 Å². The molecule has 0 fully saturated rings. The third-order valence-electron chi connectivity index (χ3n) is 1.44. The molecule has 0 aromatic rings. The average Bonchev–Trinajstić information content (AvgIpc) is 1.97. The molecule has 0 N–H and O–H groups in total. The molecule has 0 amide bonds. The normalized spacial score (nSPS) is 8.90. The van der Waals surface area contributed by atoms with Crippen LogP contribution in [0.1, 0.15) is 39.0 Å². The van der Waals surface area contributed by atoms with Gasteiger partial charge in [0.1, 0.15) is 0 Å². The number of rotatable bonds is 6. The Hall–Kier alpha value is 0.0995. The molecular weight excluding hydrogens is 189 g/mol. The van der Waals surface area contributed by atoms with Gasteiger partial charge in [0.05, 0.1) is 0 Å². The van der Waals surface area contributed by atoms with E-state index in [1.165, 1.54) is 32.1 Å². The van der Waals surface area contributed by atoms with Crippen LogP contribution in [0, 0.1) is 0 Å². The monoisotopic (exact) mass is 205 g/mol. The zero-order valence-electron chi connectivity index (χ0n) is 6.60. The number of unbranched alkanes of at least 4 members (excludes halogenated alkanes) is 4. The van der Waals surface area contributed by atoms with Crippen molar-refractivity contribution < 1.29 is 0 Å². The predicted molar refractivity (Wildman–Crippen MR) is 46.8 cm³/mol. The summed E-state index contributed by atoms with van der Waals surface area (Å²) >= 11 is 2.63. The van der Waals surface area contributed by atoms with Crippen LogP contribution >= 0.6 is 0 Å². The van der Waals surface area contributed by atoms with Crippen LogP contribution in [0.3, 0.4) is 0 Å². The molecule has 0 saturated carbocycles. The quantitative estimate of drug-likeness (QED) is 0.356. The fourth-order valence-corrected chi connectivity index (χ4v) is 1.03. The van der Waals surface area contributed by atoms with Crippen LogP contribution in [0.5, 0.6) is 0 Å². The van der Waals surface area contributed by atoms with E-state index in [9.17, 15) is 0 Å². The summed E-state index contributed by atoms with van der Waals surface area (Å²) in [6.07, 6.45) is 6.58. The van der Waals surface area contributed by atoms with Crippen LogP contribution in [0.15, 0.2) is 4.99 Å². The molecule has 0 atom stereocenters. The molecule has 0 heterocycles. The van der Waals surface area contributed by atoms with Gasteiger partial charge in [-0.15, -0.1) is 0 Å². The molecule has 0 bridgehead atoms. The van der Waals surface area contributed by atoms with Crippen LogP contribution in [0.4, 0.5) is 0 Å². The van der Waals surface area contributed by atoms with Gasteiger partial charge in [-0.25, -0.2) is 0 Å². The molecule has 0 aromatic carbocycles. The minimum absolute atomic E-state index is 0.941. The van der Waals surface area contributed by atoms with Crippen LogP contribution in [0.2, 0.25) is 0 Å². The third kappa shape index (κ3) is 8.10. The van der Waals surface area contributed by atoms with Crippen molar-refractivity contribution in [3.8, 4) is 0 Å². The van der Waals surface area contributed by atoms with Crippen molar-refractivity contribution in [1.82, 2.24) is 0 Å². The Morgan fingerprint density at radius 2 is 1.90 bits per heavy atom. The molecule has 0 aliphatic heterocycles. The number of aliphatic imine (C=N–C) groups is 1. The van der Waals surface area contributed by atoms with Crippen molar-refractivity contribution in [1.29, 1.82) is 0 Å². The average molecular weight is 204 g/mol. The van der Waals surface area contributed by atoms with Crippen LogP contribution in [0.25, 0.3) is 0 Å². The summed E-state index contributed by atoms with van der Waals surface area (Å²) in [7, 11) is 0. The molecule has 0 aliphatic carbocycles. The second-order valence-electron chi connectivity index (χ2n) is 2.39. The van der Waals surface area contributed by atoms with Crippen molar-refractivity contribution >= 4 is 20.3 Å². The number of hydrogen-bond donors (Lipinski definition) is 0. The Bertz CT molecular complexity index is 106. The summed E-state index contributed by atoms with van der Waals surface area (Å²) < 4.78 is 2.66. The Morgan fingerprint density at radius 3 is 2.50 bits per heavy atom. The molecule has 10 heavy (non-hydrogen) atoms. The first-order chi connectivity index (χ1) is 4.91. The van der Waals surface area contributed by atoms with E-state index in [0.717, 1.165) is 6.54 Å². The summed E-state index contributed by atoms with van der Waals surface area (Å²) in [5, 5.41) is 0. The molecule has 0 saturated heterocycles. The van der Waals surface area contributed by atoms with Gasteiger partial charge in [0.2, 0.25) is 0 Å². The van der Waals surface area contributed by atoms with Crippen LogP contribution in [-0.4, -0.2) is 26.8 Å². The van der Waals surface area contributed by atoms with Crippen LogP contribution < -0.4 is 0 Å². The SMILES string of the molecule is CCCCCCCN=C=[Se]. The molecule has 0 aromatic heterocycles. The van der Waals surface area contributed by atoms with Gasteiger partial charge in [-0.1, -0.05) is 0 Å². The predicted octanol–water partition coefficient (Wildman–Crippen LogP) is 2.03. The van der Waals surface area contributed by atoms with E-state index in [1.807, 2.05) is 0 Å². The maximum atomic E-state index is 3.96. The second-order valence-corrected chi connectivity index (χ2v) is 2.77. The van der Waals surface area contributed by atoms with E-state index in [-0.39, 0.29) is 0 Å². The number of hydrogen-bond acceptors (Lipinski definition) is 1. The first-order valence-electron chi connectivity index (χ1n) is 3.95. The van der Waals surface area contributed by atoms with Gasteiger partial charge < -0.3 is 0 Å². The molecule has 0 unspecified atom stereocenters. The van der Waals surface area contributed by atoms with Gasteiger partial charge in [-0.05, 0) is 0 Å². The third-order valence-corrected chi connectivity index (χ3v) is 1.71. The number of nitrogens with zero attached hydrogens (tertiary/aromatic N) is 1. The van der Waals surface area contributed by atoms with E-state index in [1.54, 1.807) is 0 Å². The van der Waals surface area contributed by atoms with E-state index in [0.29, 0.717) is 0 Å². The Kier molecular flexibility index (Phi) is 9.19. The summed E-state index contributed by atoms with van der Waals surface area (Å²) in [6, 6.07) is 0. The van der Waals surface area contributed by atoms with E-state index < -0.39 is 0 Å². The van der Waals surface area contributed by atoms with Crippen molar-refractivity contribution in [2.75, 3.05) is 6.54 Å². The first kappa shape index (κ1) is 10.1. The minimum atomic E-state index is 0.941. The molecular formula is C8H15NSe. The molecule has 0 radical (unpaired) electrons. The second kappa shape index (κ2) is 9.10. The van der Waals surface area contributed by atoms with Gasteiger partial charge >= 0.3 is 70.9 Å². The Balaban J connectivity index is 2.83. The fraction of sp³-hybridized carbons (Fsp3) is 0.875. The summed E-state index contributed by atoms with van der Waals surface area (Å²) in [5.41, 5.74) is 0. The maximum absolute atomic E-state index is 3.96. The van der Waals surface area contributed by atoms with Crippen molar-refractivity contribution in [3.05, 3.63) is 0 Å². The molecule has 0 spiro atoms. The summed E-state index contributed by atoms with van der Waals surface area (Å²) in [4.78, 5) is 3.96. The van der Waals surface area contributed by atoms with Gasteiger partial charge in [-0.2, -0.15) is 0 Å². The summed E-state index contributed by atoms with van der Waals surface area (Å²) in [5.74, 6) is 0. The zero-order chi connectivity index (χ0) is 7.66. The van der Waals surface area contributed by atoms with Crippen LogP contribution in [-0.2, 0) is 0 Å². The van der Waals surface area contributed by atoms with E-state index in [4.69, 9.17) is 0 Å². The van der Waals surface area contributed by atoms with Crippen molar-refractivity contribution in [2.45, 2.75) is 39.0 Å². The molecule has 1 nitrogen and oxygen atoms in total. The van der Waals surface area contributed by atoms with Gasteiger partial charge in [0.25, 0.3) is 0 Å². The van der Waals surface area contributed by atoms with Crippen molar-refractivity contribution in [3.63, 3.8) is 0 Å². The van der Waals surface area contributed by atoms with E-state index >= 15 is 0 Å². The molecule has 58 valence electrons. The molecule has 2 heteroatoms. The zero-order valence-corrected chi connectivity index (χ0v) is 8.31. The van der Waals surface area contributed by atoms with Crippen molar-refractivity contribution in [2.24, 2.45) is 4.99 Å². The first-order valence-corrected chi connectivity index (χ1v) is 4.81. The topological polar surface area (TPSA) is 12.4 Å². The Morgan fingerprint density at radius 1 is 1.20 bits per heavy atom. The van der Waals surface area contributed by atoms with Gasteiger partial charge in [-0.3, -0.25) is 0 Å². The standard InChI is InChI=1S/C8H15NSe/c1-2-3-4-5-6-7-9-8-10/h2-7H2,1H3. The molecule has 0 aliphatic rings. The summed E-state index contributed by atoms with van der Waals surface area (Å²) in [6.45, 7) is 3.17. The molecule has 0 rings (SSSR count). The van der Waals surface area contributed by atoms with E-state index in [2.05, 4.69) is 32.2 Å². The Labute approximate surface area is 71.3 Å². The van der Waals surface area contributed by atoms with Gasteiger partial charge in [0.15, 0.2) is 0 Å².